The third-order valence-electron chi connectivity index (χ3n) is 2.55. The number of hydrogen-bond acceptors (Lipinski definition) is 2. The highest BCUT2D eigenvalue weighted by Crippen LogP contribution is 2.16. The number of pyridine rings is 1. The first-order valence-corrected chi connectivity index (χ1v) is 7.27. The average molecular weight is 387 g/mol. The van der Waals surface area contributed by atoms with E-state index in [9.17, 15) is 4.79 Å². The second kappa shape index (κ2) is 6.34. The van der Waals surface area contributed by atoms with Gasteiger partial charge >= 0.3 is 0 Å². The number of halogens is 2. The fourth-order valence-corrected chi connectivity index (χ4v) is 2.40. The SMILES string of the molecule is CCc1cc(C(=O)Nc2cccc(I)c2)cc(Cl)n1. The van der Waals surface area contributed by atoms with Crippen LogP contribution in [0.2, 0.25) is 5.15 Å². The summed E-state index contributed by atoms with van der Waals surface area (Å²) in [5, 5.41) is 3.19. The molecular weight excluding hydrogens is 375 g/mol. The van der Waals surface area contributed by atoms with Crippen molar-refractivity contribution in [1.29, 1.82) is 0 Å². The molecule has 0 saturated heterocycles. The number of nitrogens with one attached hydrogen (secondary N) is 1. The van der Waals surface area contributed by atoms with Crippen molar-refractivity contribution in [2.24, 2.45) is 0 Å². The summed E-state index contributed by atoms with van der Waals surface area (Å²) in [7, 11) is 0. The van der Waals surface area contributed by atoms with Crippen molar-refractivity contribution in [2.75, 3.05) is 5.32 Å². The van der Waals surface area contributed by atoms with Gasteiger partial charge in [-0.1, -0.05) is 24.6 Å². The fourth-order valence-electron chi connectivity index (χ4n) is 1.63. The van der Waals surface area contributed by atoms with Gasteiger partial charge in [-0.15, -0.1) is 0 Å². The molecule has 0 aliphatic heterocycles. The second-order valence-corrected chi connectivity index (χ2v) is 5.62. The molecular formula is C14H12ClIN2O. The minimum atomic E-state index is -0.180. The van der Waals surface area contributed by atoms with E-state index >= 15 is 0 Å². The number of aryl methyl sites for hydroxylation is 1. The number of rotatable bonds is 3. The van der Waals surface area contributed by atoms with E-state index in [0.717, 1.165) is 21.4 Å². The lowest BCUT2D eigenvalue weighted by Crippen LogP contribution is -2.12. The van der Waals surface area contributed by atoms with Crippen molar-refractivity contribution >= 4 is 45.8 Å². The quantitative estimate of drug-likeness (QED) is 0.636. The van der Waals surface area contributed by atoms with Gasteiger partial charge < -0.3 is 5.32 Å². The first-order chi connectivity index (χ1) is 9.08. The standard InChI is InChI=1S/C14H12ClIN2O/c1-2-11-6-9(7-13(15)17-11)14(19)18-12-5-3-4-10(16)8-12/h3-8H,2H2,1H3,(H,18,19). The largest absolute Gasteiger partial charge is 0.322 e. The molecule has 2 rings (SSSR count). The van der Waals surface area contributed by atoms with Gasteiger partial charge in [-0.3, -0.25) is 4.79 Å². The smallest absolute Gasteiger partial charge is 0.255 e. The zero-order valence-corrected chi connectivity index (χ0v) is 13.2. The van der Waals surface area contributed by atoms with Crippen molar-refractivity contribution in [2.45, 2.75) is 13.3 Å². The Labute approximate surface area is 130 Å². The number of nitrogens with zero attached hydrogens (tertiary/aromatic N) is 1. The highest BCUT2D eigenvalue weighted by atomic mass is 127. The molecule has 0 saturated carbocycles. The van der Waals surface area contributed by atoms with Crippen LogP contribution >= 0.6 is 34.2 Å². The van der Waals surface area contributed by atoms with Crippen molar-refractivity contribution in [1.82, 2.24) is 4.98 Å². The Kier molecular flexibility index (Phi) is 4.76. The van der Waals surface area contributed by atoms with Gasteiger partial charge in [-0.2, -0.15) is 0 Å². The molecule has 98 valence electrons. The molecule has 0 atom stereocenters. The lowest BCUT2D eigenvalue weighted by molar-refractivity contribution is 0.102. The maximum atomic E-state index is 12.1. The third-order valence-corrected chi connectivity index (χ3v) is 3.42. The summed E-state index contributed by atoms with van der Waals surface area (Å²) in [6.45, 7) is 1.97. The molecule has 0 aliphatic carbocycles. The van der Waals surface area contributed by atoms with E-state index in [1.165, 1.54) is 0 Å². The number of benzene rings is 1. The minimum Gasteiger partial charge on any atom is -0.322 e. The summed E-state index contributed by atoms with van der Waals surface area (Å²) in [6, 6.07) is 11.0. The van der Waals surface area contributed by atoms with Crippen LogP contribution < -0.4 is 5.32 Å². The van der Waals surface area contributed by atoms with Crippen LogP contribution in [0.1, 0.15) is 23.0 Å². The molecule has 0 spiro atoms. The van der Waals surface area contributed by atoms with Crippen LogP contribution in [0.3, 0.4) is 0 Å². The maximum absolute atomic E-state index is 12.1. The van der Waals surface area contributed by atoms with Crippen LogP contribution in [0, 0.1) is 3.57 Å². The van der Waals surface area contributed by atoms with Gasteiger partial charge in [0.25, 0.3) is 5.91 Å². The molecule has 5 heteroatoms. The highest BCUT2D eigenvalue weighted by molar-refractivity contribution is 14.1. The first-order valence-electron chi connectivity index (χ1n) is 5.82. The molecule has 3 nitrogen and oxygen atoms in total. The maximum Gasteiger partial charge on any atom is 0.255 e. The monoisotopic (exact) mass is 386 g/mol. The molecule has 1 aromatic heterocycles. The van der Waals surface area contributed by atoms with E-state index in [4.69, 9.17) is 11.6 Å². The number of amides is 1. The molecule has 1 heterocycles. The van der Waals surface area contributed by atoms with Gasteiger partial charge in [-0.05, 0) is 59.3 Å². The summed E-state index contributed by atoms with van der Waals surface area (Å²) in [5.74, 6) is -0.180. The van der Waals surface area contributed by atoms with E-state index in [1.54, 1.807) is 12.1 Å². The Bertz CT molecular complexity index is 616. The summed E-state index contributed by atoms with van der Waals surface area (Å²) in [6.07, 6.45) is 0.740. The number of carbonyl (C=O) groups excluding carboxylic acids is 1. The minimum absolute atomic E-state index is 0.180. The normalized spacial score (nSPS) is 10.3. The average Bonchev–Trinajstić information content (AvgIpc) is 2.38. The Morgan fingerprint density at radius 3 is 2.84 bits per heavy atom. The molecule has 0 aliphatic rings. The predicted molar refractivity (Wildman–Crippen MR) is 85.7 cm³/mol. The molecule has 0 fully saturated rings. The van der Waals surface area contributed by atoms with Crippen molar-refractivity contribution in [3.8, 4) is 0 Å². The molecule has 1 amide bonds. The van der Waals surface area contributed by atoms with E-state index in [2.05, 4.69) is 32.9 Å². The Morgan fingerprint density at radius 2 is 2.16 bits per heavy atom. The number of hydrogen-bond donors (Lipinski definition) is 1. The molecule has 1 aromatic carbocycles. The van der Waals surface area contributed by atoms with Gasteiger partial charge in [0.2, 0.25) is 0 Å². The summed E-state index contributed by atoms with van der Waals surface area (Å²) < 4.78 is 1.07. The Morgan fingerprint density at radius 1 is 1.37 bits per heavy atom. The third kappa shape index (κ3) is 3.91. The fraction of sp³-hybridized carbons (Fsp3) is 0.143. The lowest BCUT2D eigenvalue weighted by Gasteiger charge is -2.07. The zero-order valence-electron chi connectivity index (χ0n) is 10.3. The van der Waals surface area contributed by atoms with Crippen molar-refractivity contribution in [3.63, 3.8) is 0 Å². The molecule has 0 bridgehead atoms. The van der Waals surface area contributed by atoms with Gasteiger partial charge in [0.15, 0.2) is 0 Å². The highest BCUT2D eigenvalue weighted by Gasteiger charge is 2.09. The zero-order chi connectivity index (χ0) is 13.8. The number of aromatic nitrogens is 1. The summed E-state index contributed by atoms with van der Waals surface area (Å²) in [4.78, 5) is 16.3. The number of carbonyl (C=O) groups is 1. The predicted octanol–water partition coefficient (Wildman–Crippen LogP) is 4.15. The van der Waals surface area contributed by atoms with Gasteiger partial charge in [0.05, 0.1) is 0 Å². The van der Waals surface area contributed by atoms with Crippen molar-refractivity contribution in [3.05, 3.63) is 56.4 Å². The van der Waals surface area contributed by atoms with E-state index < -0.39 is 0 Å². The molecule has 1 N–H and O–H groups in total. The van der Waals surface area contributed by atoms with E-state index in [0.29, 0.717) is 10.7 Å². The van der Waals surface area contributed by atoms with Gasteiger partial charge in [-0.25, -0.2) is 4.98 Å². The van der Waals surface area contributed by atoms with Gasteiger partial charge in [0, 0.05) is 20.5 Å². The Balaban J connectivity index is 2.22. The van der Waals surface area contributed by atoms with Crippen LogP contribution in [0.25, 0.3) is 0 Å². The second-order valence-electron chi connectivity index (χ2n) is 3.99. The van der Waals surface area contributed by atoms with E-state index in [-0.39, 0.29) is 5.91 Å². The van der Waals surface area contributed by atoms with Crippen molar-refractivity contribution < 1.29 is 4.79 Å². The van der Waals surface area contributed by atoms with E-state index in [1.807, 2.05) is 31.2 Å². The van der Waals surface area contributed by atoms with Crippen LogP contribution in [0.4, 0.5) is 5.69 Å². The molecule has 2 aromatic rings. The first kappa shape index (κ1) is 14.3. The van der Waals surface area contributed by atoms with Gasteiger partial charge in [0.1, 0.15) is 5.15 Å². The van der Waals surface area contributed by atoms with Crippen LogP contribution in [-0.4, -0.2) is 10.9 Å². The number of anilines is 1. The summed E-state index contributed by atoms with van der Waals surface area (Å²) >= 11 is 8.11. The van der Waals surface area contributed by atoms with Crippen LogP contribution in [-0.2, 0) is 6.42 Å². The lowest BCUT2D eigenvalue weighted by atomic mass is 10.2. The molecule has 0 unspecified atom stereocenters. The molecule has 0 radical (unpaired) electrons. The molecule has 19 heavy (non-hydrogen) atoms. The Hall–Kier alpha value is -1.14. The van der Waals surface area contributed by atoms with Crippen LogP contribution in [0.5, 0.6) is 0 Å². The summed E-state index contributed by atoms with van der Waals surface area (Å²) in [5.41, 5.74) is 2.10. The van der Waals surface area contributed by atoms with Crippen LogP contribution in [0.15, 0.2) is 36.4 Å². The topological polar surface area (TPSA) is 42.0 Å².